The van der Waals surface area contributed by atoms with Crippen molar-refractivity contribution in [1.29, 1.82) is 0 Å². The van der Waals surface area contributed by atoms with Crippen molar-refractivity contribution in [2.75, 3.05) is 23.4 Å². The first-order valence-electron chi connectivity index (χ1n) is 7.56. The average molecular weight is 390 g/mol. The van der Waals surface area contributed by atoms with Crippen LogP contribution in [0.4, 0.5) is 5.82 Å². The van der Waals surface area contributed by atoms with E-state index in [1.807, 2.05) is 23.5 Å². The number of nitrogens with zero attached hydrogens (tertiary/aromatic N) is 2. The van der Waals surface area contributed by atoms with E-state index in [2.05, 4.69) is 48.9 Å². The average Bonchev–Trinajstić information content (AvgIpc) is 2.43. The zero-order valence-electron chi connectivity index (χ0n) is 13.1. The fourth-order valence-electron chi connectivity index (χ4n) is 2.36. The molecule has 118 valence electrons. The van der Waals surface area contributed by atoms with Gasteiger partial charge in [-0.1, -0.05) is 20.8 Å². The number of hydrogen-bond acceptors (Lipinski definition) is 5. The lowest BCUT2D eigenvalue weighted by Gasteiger charge is -2.27. The van der Waals surface area contributed by atoms with Crippen molar-refractivity contribution in [3.05, 3.63) is 16.0 Å². The molecule has 2 rings (SSSR count). The summed E-state index contributed by atoms with van der Waals surface area (Å²) in [6.45, 7) is 9.73. The van der Waals surface area contributed by atoms with E-state index in [0.29, 0.717) is 16.4 Å². The minimum atomic E-state index is 0.403. The number of aromatic nitrogens is 2. The molecule has 1 aliphatic rings. The van der Waals surface area contributed by atoms with E-state index in [9.17, 15) is 0 Å². The van der Waals surface area contributed by atoms with Gasteiger partial charge in [0.05, 0.1) is 15.4 Å². The molecule has 2 atom stereocenters. The van der Waals surface area contributed by atoms with E-state index < -0.39 is 0 Å². The van der Waals surface area contributed by atoms with Crippen molar-refractivity contribution in [3.63, 3.8) is 0 Å². The molecule has 0 amide bonds. The van der Waals surface area contributed by atoms with E-state index in [0.717, 1.165) is 34.8 Å². The first-order valence-corrected chi connectivity index (χ1v) is 10.4. The van der Waals surface area contributed by atoms with Crippen LogP contribution in [0.2, 0.25) is 0 Å². The molecule has 1 N–H and O–H groups in total. The molecule has 0 spiro atoms. The van der Waals surface area contributed by atoms with Gasteiger partial charge in [0.15, 0.2) is 0 Å². The number of thioether (sulfide) groups is 2. The van der Waals surface area contributed by atoms with Crippen LogP contribution in [0.15, 0.2) is 4.47 Å². The number of hydrogen-bond donors (Lipinski definition) is 1. The van der Waals surface area contributed by atoms with Gasteiger partial charge in [-0.3, -0.25) is 0 Å². The highest BCUT2D eigenvalue weighted by atomic mass is 79.9. The Kier molecular flexibility index (Phi) is 6.69. The van der Waals surface area contributed by atoms with Gasteiger partial charge in [-0.05, 0) is 35.2 Å². The Labute approximate surface area is 145 Å². The normalized spacial score (nSPS) is 22.6. The van der Waals surface area contributed by atoms with Gasteiger partial charge in [0.25, 0.3) is 0 Å². The number of rotatable bonds is 5. The summed E-state index contributed by atoms with van der Waals surface area (Å²) in [5.74, 6) is 4.95. The van der Waals surface area contributed by atoms with E-state index in [4.69, 9.17) is 9.97 Å². The monoisotopic (exact) mass is 389 g/mol. The summed E-state index contributed by atoms with van der Waals surface area (Å²) in [5, 5.41) is 4.35. The van der Waals surface area contributed by atoms with Crippen molar-refractivity contribution >= 4 is 45.3 Å². The zero-order valence-corrected chi connectivity index (χ0v) is 16.4. The fourth-order valence-corrected chi connectivity index (χ4v) is 5.53. The molecule has 0 radical (unpaired) electrons. The topological polar surface area (TPSA) is 37.8 Å². The molecule has 0 aliphatic carbocycles. The van der Waals surface area contributed by atoms with Crippen LogP contribution >= 0.6 is 39.5 Å². The van der Waals surface area contributed by atoms with Crippen LogP contribution in [0.5, 0.6) is 0 Å². The minimum absolute atomic E-state index is 0.403. The lowest BCUT2D eigenvalue weighted by molar-refractivity contribution is 0.626. The largest absolute Gasteiger partial charge is 0.369 e. The number of anilines is 1. The van der Waals surface area contributed by atoms with Crippen molar-refractivity contribution < 1.29 is 0 Å². The summed E-state index contributed by atoms with van der Waals surface area (Å²) in [5.41, 5.74) is 1.13. The molecular weight excluding hydrogens is 366 g/mol. The number of nitrogens with one attached hydrogen (secondary N) is 1. The zero-order chi connectivity index (χ0) is 15.4. The first-order chi connectivity index (χ1) is 10.0. The van der Waals surface area contributed by atoms with Crippen LogP contribution in [0.25, 0.3) is 0 Å². The second-order valence-electron chi connectivity index (χ2n) is 5.69. The first kappa shape index (κ1) is 17.4. The lowest BCUT2D eigenvalue weighted by atomic mass is 10.1. The minimum Gasteiger partial charge on any atom is -0.369 e. The van der Waals surface area contributed by atoms with Gasteiger partial charge in [-0.25, -0.2) is 9.97 Å². The predicted octanol–water partition coefficient (Wildman–Crippen LogP) is 4.78. The van der Waals surface area contributed by atoms with Crippen molar-refractivity contribution in [3.8, 4) is 0 Å². The van der Waals surface area contributed by atoms with Crippen molar-refractivity contribution in [2.45, 2.75) is 44.6 Å². The third kappa shape index (κ3) is 4.52. The highest BCUT2D eigenvalue weighted by Gasteiger charge is 2.28. The highest BCUT2D eigenvalue weighted by molar-refractivity contribution is 9.10. The molecule has 1 fully saturated rings. The van der Waals surface area contributed by atoms with Gasteiger partial charge >= 0.3 is 0 Å². The molecule has 21 heavy (non-hydrogen) atoms. The maximum absolute atomic E-state index is 4.90. The molecular formula is C15H24BrN3S2. The van der Waals surface area contributed by atoms with Crippen LogP contribution in [-0.2, 0) is 6.42 Å². The second-order valence-corrected chi connectivity index (χ2v) is 9.21. The summed E-state index contributed by atoms with van der Waals surface area (Å²) in [6.07, 6.45) is 0.980. The van der Waals surface area contributed by atoms with E-state index in [1.54, 1.807) is 0 Å². The summed E-state index contributed by atoms with van der Waals surface area (Å²) >= 11 is 7.71. The molecule has 0 saturated carbocycles. The van der Waals surface area contributed by atoms with Crippen LogP contribution in [0, 0.1) is 5.92 Å². The van der Waals surface area contributed by atoms with E-state index in [1.165, 1.54) is 11.5 Å². The predicted molar refractivity (Wildman–Crippen MR) is 99.6 cm³/mol. The summed E-state index contributed by atoms with van der Waals surface area (Å²) in [6, 6.07) is 0. The molecule has 1 aromatic heterocycles. The van der Waals surface area contributed by atoms with E-state index >= 15 is 0 Å². The van der Waals surface area contributed by atoms with Crippen LogP contribution < -0.4 is 5.32 Å². The highest BCUT2D eigenvalue weighted by Crippen LogP contribution is 2.42. The molecule has 1 saturated heterocycles. The Balaban J connectivity index is 2.37. The van der Waals surface area contributed by atoms with Crippen molar-refractivity contribution in [1.82, 2.24) is 9.97 Å². The maximum atomic E-state index is 4.90. The van der Waals surface area contributed by atoms with Crippen LogP contribution in [0.1, 0.15) is 44.5 Å². The molecule has 3 nitrogen and oxygen atoms in total. The smallest absolute Gasteiger partial charge is 0.145 e. The van der Waals surface area contributed by atoms with Gasteiger partial charge in [0.1, 0.15) is 11.6 Å². The third-order valence-corrected chi connectivity index (χ3v) is 7.25. The van der Waals surface area contributed by atoms with Gasteiger partial charge in [0.2, 0.25) is 0 Å². The van der Waals surface area contributed by atoms with Gasteiger partial charge in [0, 0.05) is 23.3 Å². The Morgan fingerprint density at radius 1 is 1.29 bits per heavy atom. The van der Waals surface area contributed by atoms with Crippen LogP contribution in [0.3, 0.4) is 0 Å². The molecule has 2 unspecified atom stereocenters. The summed E-state index contributed by atoms with van der Waals surface area (Å²) < 4.78 is 1.03. The molecule has 6 heteroatoms. The molecule has 2 heterocycles. The van der Waals surface area contributed by atoms with E-state index in [-0.39, 0.29) is 0 Å². The number of halogens is 1. The molecule has 0 aromatic carbocycles. The Bertz CT molecular complexity index is 482. The SMILES string of the molecule is CCNc1nc(C2SCCSC2C)nc(CC(C)C)c1Br. The molecule has 1 aliphatic heterocycles. The standard InChI is InChI=1S/C15H24BrN3S2/c1-5-17-14-12(16)11(8-9(2)3)18-15(19-14)13-10(4)20-6-7-21-13/h9-10,13H,5-8H2,1-4H3,(H,17,18,19). The second kappa shape index (κ2) is 8.06. The molecule has 0 bridgehead atoms. The maximum Gasteiger partial charge on any atom is 0.145 e. The van der Waals surface area contributed by atoms with Gasteiger partial charge in [-0.15, -0.1) is 11.8 Å². The Morgan fingerprint density at radius 3 is 2.62 bits per heavy atom. The van der Waals surface area contributed by atoms with Crippen molar-refractivity contribution in [2.24, 2.45) is 5.92 Å². The van der Waals surface area contributed by atoms with Gasteiger partial charge in [-0.2, -0.15) is 11.8 Å². The summed E-state index contributed by atoms with van der Waals surface area (Å²) in [7, 11) is 0. The summed E-state index contributed by atoms with van der Waals surface area (Å²) in [4.78, 5) is 9.70. The Morgan fingerprint density at radius 2 is 2.00 bits per heavy atom. The fraction of sp³-hybridized carbons (Fsp3) is 0.733. The van der Waals surface area contributed by atoms with Gasteiger partial charge < -0.3 is 5.32 Å². The van der Waals surface area contributed by atoms with Crippen LogP contribution in [-0.4, -0.2) is 33.3 Å². The Hall–Kier alpha value is 0.0600. The third-order valence-electron chi connectivity index (χ3n) is 3.33. The quantitative estimate of drug-likeness (QED) is 0.783. The molecule has 1 aromatic rings. The lowest BCUT2D eigenvalue weighted by Crippen LogP contribution is -2.20.